The Morgan fingerprint density at radius 3 is 2.51 bits per heavy atom. The fourth-order valence-corrected chi connectivity index (χ4v) is 3.76. The van der Waals surface area contributed by atoms with Crippen LogP contribution in [0.25, 0.3) is 28.3 Å². The van der Waals surface area contributed by atoms with E-state index in [1.54, 1.807) is 43.3 Å². The van der Waals surface area contributed by atoms with Gasteiger partial charge in [0.15, 0.2) is 23.0 Å². The van der Waals surface area contributed by atoms with E-state index in [9.17, 15) is 4.79 Å². The van der Waals surface area contributed by atoms with Crippen LogP contribution in [0.1, 0.15) is 5.56 Å². The number of fused-ring (bicyclic) bond motifs is 1. The van der Waals surface area contributed by atoms with Crippen molar-refractivity contribution in [3.8, 4) is 34.1 Å². The van der Waals surface area contributed by atoms with E-state index in [1.165, 1.54) is 0 Å². The van der Waals surface area contributed by atoms with Gasteiger partial charge in [-0.25, -0.2) is 0 Å². The largest absolute Gasteiger partial charge is 0.493 e. The van der Waals surface area contributed by atoms with Crippen LogP contribution in [-0.4, -0.2) is 44.9 Å². The molecule has 0 saturated carbocycles. The summed E-state index contributed by atoms with van der Waals surface area (Å²) >= 11 is 0. The van der Waals surface area contributed by atoms with Gasteiger partial charge in [0.1, 0.15) is 0 Å². The quantitative estimate of drug-likeness (QED) is 0.386. The Kier molecular flexibility index (Phi) is 6.04. The molecule has 3 heterocycles. The Morgan fingerprint density at radius 1 is 0.886 bits per heavy atom. The van der Waals surface area contributed by atoms with Crippen LogP contribution < -0.4 is 14.8 Å². The standard InChI is InChI=1S/C26H22N6O3/c1-34-22-8-6-17(14-23(22)35-2)15-25(33)28-20-5-3-4-19(16-20)21-7-9-24-29-30-26(32(24)31-21)18-10-12-27-13-11-18/h3-14,16H,15H2,1-2H3,(H,28,33). The van der Waals surface area contributed by atoms with Crippen LogP contribution in [-0.2, 0) is 11.2 Å². The van der Waals surface area contributed by atoms with E-state index in [-0.39, 0.29) is 12.3 Å². The topological polar surface area (TPSA) is 104 Å². The maximum Gasteiger partial charge on any atom is 0.228 e. The summed E-state index contributed by atoms with van der Waals surface area (Å²) in [4.78, 5) is 16.8. The number of methoxy groups -OCH3 is 2. The lowest BCUT2D eigenvalue weighted by Crippen LogP contribution is -2.14. The average molecular weight is 467 g/mol. The van der Waals surface area contributed by atoms with Crippen molar-refractivity contribution in [3.63, 3.8) is 0 Å². The highest BCUT2D eigenvalue weighted by Gasteiger charge is 2.12. The van der Waals surface area contributed by atoms with E-state index in [0.29, 0.717) is 28.7 Å². The molecule has 174 valence electrons. The number of carbonyl (C=O) groups is 1. The van der Waals surface area contributed by atoms with Gasteiger partial charge in [0.05, 0.1) is 26.3 Å². The predicted molar refractivity (Wildman–Crippen MR) is 131 cm³/mol. The van der Waals surface area contributed by atoms with Gasteiger partial charge in [-0.15, -0.1) is 10.2 Å². The summed E-state index contributed by atoms with van der Waals surface area (Å²) in [5.41, 5.74) is 4.58. The Morgan fingerprint density at radius 2 is 1.71 bits per heavy atom. The zero-order chi connectivity index (χ0) is 24.2. The van der Waals surface area contributed by atoms with Crippen LogP contribution in [0.5, 0.6) is 11.5 Å². The van der Waals surface area contributed by atoms with Crippen molar-refractivity contribution in [3.05, 3.63) is 84.7 Å². The molecular formula is C26H22N6O3. The summed E-state index contributed by atoms with van der Waals surface area (Å²) in [7, 11) is 3.14. The third-order valence-electron chi connectivity index (χ3n) is 5.46. The lowest BCUT2D eigenvalue weighted by atomic mass is 10.1. The molecule has 5 rings (SSSR count). The molecule has 35 heavy (non-hydrogen) atoms. The smallest absolute Gasteiger partial charge is 0.228 e. The number of nitrogens with zero attached hydrogens (tertiary/aromatic N) is 5. The van der Waals surface area contributed by atoms with E-state index < -0.39 is 0 Å². The first kappa shape index (κ1) is 22.0. The van der Waals surface area contributed by atoms with E-state index in [1.807, 2.05) is 54.6 Å². The number of rotatable bonds is 7. The Balaban J connectivity index is 1.37. The van der Waals surface area contributed by atoms with Crippen molar-refractivity contribution in [2.24, 2.45) is 0 Å². The minimum atomic E-state index is -0.142. The van der Waals surface area contributed by atoms with Gasteiger partial charge >= 0.3 is 0 Å². The van der Waals surface area contributed by atoms with Gasteiger partial charge in [-0.2, -0.15) is 9.61 Å². The maximum absolute atomic E-state index is 12.7. The normalized spacial score (nSPS) is 10.8. The van der Waals surface area contributed by atoms with Crippen molar-refractivity contribution < 1.29 is 14.3 Å². The summed E-state index contributed by atoms with van der Waals surface area (Å²) < 4.78 is 12.3. The molecule has 0 fully saturated rings. The summed E-state index contributed by atoms with van der Waals surface area (Å²) in [5.74, 6) is 1.69. The van der Waals surface area contributed by atoms with Crippen molar-refractivity contribution in [1.82, 2.24) is 24.8 Å². The van der Waals surface area contributed by atoms with Crippen LogP contribution in [0.2, 0.25) is 0 Å². The molecule has 9 nitrogen and oxygen atoms in total. The molecule has 9 heteroatoms. The van der Waals surface area contributed by atoms with Gasteiger partial charge in [0.2, 0.25) is 5.91 Å². The van der Waals surface area contributed by atoms with Crippen LogP contribution >= 0.6 is 0 Å². The van der Waals surface area contributed by atoms with Gasteiger partial charge < -0.3 is 14.8 Å². The highest BCUT2D eigenvalue weighted by molar-refractivity contribution is 5.93. The number of aromatic nitrogens is 5. The highest BCUT2D eigenvalue weighted by atomic mass is 16.5. The van der Waals surface area contributed by atoms with Gasteiger partial charge in [-0.05, 0) is 54.1 Å². The molecule has 0 spiro atoms. The second-order valence-corrected chi connectivity index (χ2v) is 7.74. The first-order valence-corrected chi connectivity index (χ1v) is 10.9. The molecule has 0 saturated heterocycles. The van der Waals surface area contributed by atoms with Gasteiger partial charge in [-0.3, -0.25) is 9.78 Å². The Hall–Kier alpha value is -4.79. The second kappa shape index (κ2) is 9.60. The summed E-state index contributed by atoms with van der Waals surface area (Å²) in [5, 5.41) is 16.2. The number of hydrogen-bond donors (Lipinski definition) is 1. The molecular weight excluding hydrogens is 444 g/mol. The molecule has 1 N–H and O–H groups in total. The molecule has 0 unspecified atom stereocenters. The van der Waals surface area contributed by atoms with Crippen molar-refractivity contribution in [1.29, 1.82) is 0 Å². The number of nitrogens with one attached hydrogen (secondary N) is 1. The average Bonchev–Trinajstić information content (AvgIpc) is 3.32. The van der Waals surface area contributed by atoms with Crippen LogP contribution in [0.3, 0.4) is 0 Å². The Bertz CT molecular complexity index is 1500. The van der Waals surface area contributed by atoms with Crippen molar-refractivity contribution >= 4 is 17.2 Å². The van der Waals surface area contributed by atoms with Crippen LogP contribution in [0.4, 0.5) is 5.69 Å². The molecule has 1 amide bonds. The van der Waals surface area contributed by atoms with E-state index in [0.717, 1.165) is 22.4 Å². The number of hydrogen-bond acceptors (Lipinski definition) is 7. The molecule has 0 aliphatic heterocycles. The maximum atomic E-state index is 12.7. The molecule has 2 aromatic carbocycles. The van der Waals surface area contributed by atoms with Gasteiger partial charge in [0.25, 0.3) is 0 Å². The number of benzene rings is 2. The number of anilines is 1. The molecule has 3 aromatic heterocycles. The first-order chi connectivity index (χ1) is 17.1. The SMILES string of the molecule is COc1ccc(CC(=O)Nc2cccc(-c3ccc4nnc(-c5ccncc5)n4n3)c2)cc1OC. The zero-order valence-corrected chi connectivity index (χ0v) is 19.2. The lowest BCUT2D eigenvalue weighted by molar-refractivity contribution is -0.115. The number of ether oxygens (including phenoxy) is 2. The van der Waals surface area contributed by atoms with Crippen molar-refractivity contribution in [2.45, 2.75) is 6.42 Å². The predicted octanol–water partition coefficient (Wildman–Crippen LogP) is 4.05. The van der Waals surface area contributed by atoms with Gasteiger partial charge in [0, 0.05) is 29.2 Å². The first-order valence-electron chi connectivity index (χ1n) is 10.9. The fourth-order valence-electron chi connectivity index (χ4n) is 3.76. The monoisotopic (exact) mass is 466 g/mol. The fraction of sp³-hybridized carbons (Fsp3) is 0.115. The van der Waals surface area contributed by atoms with Crippen LogP contribution in [0.15, 0.2) is 79.1 Å². The van der Waals surface area contributed by atoms with E-state index in [4.69, 9.17) is 14.6 Å². The Labute approximate surface area is 201 Å². The molecule has 0 aliphatic rings. The molecule has 0 bridgehead atoms. The third kappa shape index (κ3) is 4.65. The summed E-state index contributed by atoms with van der Waals surface area (Å²) in [6.45, 7) is 0. The molecule has 0 radical (unpaired) electrons. The van der Waals surface area contributed by atoms with Gasteiger partial charge in [-0.1, -0.05) is 18.2 Å². The number of pyridine rings is 1. The minimum Gasteiger partial charge on any atom is -0.493 e. The molecule has 0 aliphatic carbocycles. The summed E-state index contributed by atoms with van der Waals surface area (Å²) in [6, 6.07) is 20.4. The van der Waals surface area contributed by atoms with Crippen LogP contribution in [0, 0.1) is 0 Å². The number of carbonyl (C=O) groups excluding carboxylic acids is 1. The zero-order valence-electron chi connectivity index (χ0n) is 19.2. The van der Waals surface area contributed by atoms with E-state index >= 15 is 0 Å². The minimum absolute atomic E-state index is 0.142. The molecule has 0 atom stereocenters. The molecule has 5 aromatic rings. The third-order valence-corrected chi connectivity index (χ3v) is 5.46. The van der Waals surface area contributed by atoms with Crippen molar-refractivity contribution in [2.75, 3.05) is 19.5 Å². The second-order valence-electron chi connectivity index (χ2n) is 7.74. The van der Waals surface area contributed by atoms with E-state index in [2.05, 4.69) is 20.5 Å². The highest BCUT2D eigenvalue weighted by Crippen LogP contribution is 2.28. The number of amides is 1. The summed E-state index contributed by atoms with van der Waals surface area (Å²) in [6.07, 6.45) is 3.60. The lowest BCUT2D eigenvalue weighted by Gasteiger charge is -2.10.